The number of benzene rings is 2. The van der Waals surface area contributed by atoms with Crippen LogP contribution in [0.25, 0.3) is 0 Å². The number of aryl methyl sites for hydroxylation is 1. The third-order valence-electron chi connectivity index (χ3n) is 2.93. The van der Waals surface area contributed by atoms with E-state index in [4.69, 9.17) is 33.7 Å². The summed E-state index contributed by atoms with van der Waals surface area (Å²) in [5.74, 6) is 0.730. The molecule has 0 aromatic heterocycles. The standard InChI is InChI=1S/C16H18Cl2N2O/c1-3-4-21-13-7-11(19)6-12(8-13)20-16-9-14(17)10(2)5-15(16)18/h5-9,20H,3-4,19H2,1-2H3. The second kappa shape index (κ2) is 6.92. The third-order valence-corrected chi connectivity index (χ3v) is 3.65. The predicted octanol–water partition coefficient (Wildman–Crippen LogP) is 5.42. The molecule has 3 N–H and O–H groups in total. The minimum Gasteiger partial charge on any atom is -0.493 e. The van der Waals surface area contributed by atoms with Crippen LogP contribution in [0.4, 0.5) is 17.1 Å². The van der Waals surface area contributed by atoms with E-state index in [9.17, 15) is 0 Å². The smallest absolute Gasteiger partial charge is 0.123 e. The van der Waals surface area contributed by atoms with Crippen LogP contribution in [0.5, 0.6) is 5.75 Å². The summed E-state index contributed by atoms with van der Waals surface area (Å²) < 4.78 is 5.61. The van der Waals surface area contributed by atoms with Crippen LogP contribution in [0.3, 0.4) is 0 Å². The number of nitrogens with two attached hydrogens (primary N) is 1. The lowest BCUT2D eigenvalue weighted by atomic mass is 10.2. The van der Waals surface area contributed by atoms with Crippen molar-refractivity contribution in [2.75, 3.05) is 17.7 Å². The fraction of sp³-hybridized carbons (Fsp3) is 0.250. The molecular weight excluding hydrogens is 307 g/mol. The van der Waals surface area contributed by atoms with Gasteiger partial charge in [-0.3, -0.25) is 0 Å². The van der Waals surface area contributed by atoms with Gasteiger partial charge in [0, 0.05) is 28.5 Å². The third kappa shape index (κ3) is 4.19. The van der Waals surface area contributed by atoms with Crippen molar-refractivity contribution in [2.24, 2.45) is 0 Å². The molecule has 0 aliphatic carbocycles. The molecule has 0 saturated carbocycles. The highest BCUT2D eigenvalue weighted by Crippen LogP contribution is 2.32. The summed E-state index contributed by atoms with van der Waals surface area (Å²) in [4.78, 5) is 0. The van der Waals surface area contributed by atoms with Gasteiger partial charge in [-0.15, -0.1) is 0 Å². The van der Waals surface area contributed by atoms with Crippen LogP contribution >= 0.6 is 23.2 Å². The molecular formula is C16H18Cl2N2O. The molecule has 0 aliphatic rings. The van der Waals surface area contributed by atoms with E-state index in [1.165, 1.54) is 0 Å². The van der Waals surface area contributed by atoms with E-state index in [0.717, 1.165) is 29.1 Å². The van der Waals surface area contributed by atoms with Gasteiger partial charge in [0.05, 0.1) is 17.3 Å². The van der Waals surface area contributed by atoms with E-state index < -0.39 is 0 Å². The summed E-state index contributed by atoms with van der Waals surface area (Å²) >= 11 is 12.4. The second-order valence-electron chi connectivity index (χ2n) is 4.85. The first-order chi connectivity index (χ1) is 9.99. The minimum atomic E-state index is 0.607. The molecule has 21 heavy (non-hydrogen) atoms. The fourth-order valence-electron chi connectivity index (χ4n) is 1.90. The van der Waals surface area contributed by atoms with Gasteiger partial charge in [0.15, 0.2) is 0 Å². The zero-order chi connectivity index (χ0) is 15.4. The first-order valence-electron chi connectivity index (χ1n) is 6.75. The van der Waals surface area contributed by atoms with E-state index in [1.54, 1.807) is 12.1 Å². The molecule has 5 heteroatoms. The Morgan fingerprint density at radius 3 is 2.57 bits per heavy atom. The van der Waals surface area contributed by atoms with Gasteiger partial charge in [0.25, 0.3) is 0 Å². The quantitative estimate of drug-likeness (QED) is 0.722. The maximum atomic E-state index is 6.23. The molecule has 0 radical (unpaired) electrons. The van der Waals surface area contributed by atoms with Crippen molar-refractivity contribution in [3.63, 3.8) is 0 Å². The largest absolute Gasteiger partial charge is 0.493 e. The SMILES string of the molecule is CCCOc1cc(N)cc(Nc2cc(Cl)c(C)cc2Cl)c1. The maximum absolute atomic E-state index is 6.23. The molecule has 3 nitrogen and oxygen atoms in total. The van der Waals surface area contributed by atoms with E-state index in [0.29, 0.717) is 22.3 Å². The van der Waals surface area contributed by atoms with Crippen LogP contribution in [0, 0.1) is 6.92 Å². The Labute approximate surface area is 135 Å². The molecule has 0 heterocycles. The van der Waals surface area contributed by atoms with Crippen molar-refractivity contribution in [1.29, 1.82) is 0 Å². The van der Waals surface area contributed by atoms with Crippen molar-refractivity contribution in [2.45, 2.75) is 20.3 Å². The van der Waals surface area contributed by atoms with E-state index in [2.05, 4.69) is 12.2 Å². The molecule has 0 fully saturated rings. The van der Waals surface area contributed by atoms with Crippen LogP contribution in [-0.4, -0.2) is 6.61 Å². The highest BCUT2D eigenvalue weighted by molar-refractivity contribution is 6.35. The Morgan fingerprint density at radius 1 is 1.10 bits per heavy atom. The molecule has 0 aliphatic heterocycles. The van der Waals surface area contributed by atoms with Gasteiger partial charge in [-0.25, -0.2) is 0 Å². The lowest BCUT2D eigenvalue weighted by molar-refractivity contribution is 0.318. The first kappa shape index (κ1) is 15.8. The highest BCUT2D eigenvalue weighted by atomic mass is 35.5. The van der Waals surface area contributed by atoms with Crippen LogP contribution in [0.1, 0.15) is 18.9 Å². The number of nitrogens with one attached hydrogen (secondary N) is 1. The number of nitrogen functional groups attached to an aromatic ring is 1. The maximum Gasteiger partial charge on any atom is 0.123 e. The number of rotatable bonds is 5. The number of hydrogen-bond acceptors (Lipinski definition) is 3. The van der Waals surface area contributed by atoms with Crippen molar-refractivity contribution >= 4 is 40.3 Å². The Balaban J connectivity index is 2.27. The summed E-state index contributed by atoms with van der Waals surface area (Å²) in [6, 6.07) is 9.13. The summed E-state index contributed by atoms with van der Waals surface area (Å²) in [6.07, 6.45) is 0.941. The van der Waals surface area contributed by atoms with E-state index in [1.807, 2.05) is 25.1 Å². The number of anilines is 3. The first-order valence-corrected chi connectivity index (χ1v) is 7.51. The Bertz CT molecular complexity index is 644. The molecule has 0 spiro atoms. The van der Waals surface area contributed by atoms with Gasteiger partial charge in [0.1, 0.15) is 5.75 Å². The molecule has 112 valence electrons. The molecule has 2 rings (SSSR count). The van der Waals surface area contributed by atoms with Gasteiger partial charge in [0.2, 0.25) is 0 Å². The predicted molar refractivity (Wildman–Crippen MR) is 91.1 cm³/mol. The number of ether oxygens (including phenoxy) is 1. The monoisotopic (exact) mass is 324 g/mol. The summed E-state index contributed by atoms with van der Waals surface area (Å²) in [6.45, 7) is 4.62. The van der Waals surface area contributed by atoms with Crippen molar-refractivity contribution in [3.8, 4) is 5.75 Å². The minimum absolute atomic E-state index is 0.607. The molecule has 0 atom stereocenters. The normalized spacial score (nSPS) is 10.5. The molecule has 0 bridgehead atoms. The Hall–Kier alpha value is -1.58. The number of hydrogen-bond donors (Lipinski definition) is 2. The molecule has 2 aromatic carbocycles. The highest BCUT2D eigenvalue weighted by Gasteiger charge is 2.07. The number of halogens is 2. The average molecular weight is 325 g/mol. The van der Waals surface area contributed by atoms with Gasteiger partial charge in [-0.05, 0) is 37.1 Å². The van der Waals surface area contributed by atoms with Crippen molar-refractivity contribution in [1.82, 2.24) is 0 Å². The van der Waals surface area contributed by atoms with Gasteiger partial charge in [-0.1, -0.05) is 30.1 Å². The zero-order valence-electron chi connectivity index (χ0n) is 12.0. The van der Waals surface area contributed by atoms with Crippen LogP contribution < -0.4 is 15.8 Å². The van der Waals surface area contributed by atoms with Crippen LogP contribution in [0.2, 0.25) is 10.0 Å². The average Bonchev–Trinajstić information content (AvgIpc) is 2.42. The van der Waals surface area contributed by atoms with E-state index in [-0.39, 0.29) is 0 Å². The molecule has 0 unspecified atom stereocenters. The summed E-state index contributed by atoms with van der Waals surface area (Å²) in [5, 5.41) is 4.49. The molecule has 2 aromatic rings. The van der Waals surface area contributed by atoms with Gasteiger partial charge >= 0.3 is 0 Å². The fourth-order valence-corrected chi connectivity index (χ4v) is 2.32. The summed E-state index contributed by atoms with van der Waals surface area (Å²) in [5.41, 5.74) is 9.00. The van der Waals surface area contributed by atoms with E-state index >= 15 is 0 Å². The van der Waals surface area contributed by atoms with Crippen LogP contribution in [0.15, 0.2) is 30.3 Å². The molecule has 0 amide bonds. The second-order valence-corrected chi connectivity index (χ2v) is 5.66. The zero-order valence-corrected chi connectivity index (χ0v) is 13.6. The van der Waals surface area contributed by atoms with Gasteiger partial charge in [-0.2, -0.15) is 0 Å². The molecule has 0 saturated heterocycles. The van der Waals surface area contributed by atoms with Crippen molar-refractivity contribution in [3.05, 3.63) is 45.9 Å². The Morgan fingerprint density at radius 2 is 1.86 bits per heavy atom. The van der Waals surface area contributed by atoms with Crippen LogP contribution in [-0.2, 0) is 0 Å². The topological polar surface area (TPSA) is 47.3 Å². The lowest BCUT2D eigenvalue weighted by Gasteiger charge is -2.13. The van der Waals surface area contributed by atoms with Crippen molar-refractivity contribution < 1.29 is 4.74 Å². The summed E-state index contributed by atoms with van der Waals surface area (Å²) in [7, 11) is 0. The van der Waals surface area contributed by atoms with Gasteiger partial charge < -0.3 is 15.8 Å². The lowest BCUT2D eigenvalue weighted by Crippen LogP contribution is -1.99. The Kier molecular flexibility index (Phi) is 5.21.